The number of rotatable bonds is 2. The second-order valence-electron chi connectivity index (χ2n) is 6.04. The average Bonchev–Trinajstić information content (AvgIpc) is 2.46. The van der Waals surface area contributed by atoms with E-state index in [2.05, 4.69) is 0 Å². The molecule has 1 N–H and O–H groups in total. The van der Waals surface area contributed by atoms with Crippen LogP contribution in [0.2, 0.25) is 0 Å². The zero-order chi connectivity index (χ0) is 15.6. The number of hydrogen-bond donors (Lipinski definition) is 1. The van der Waals surface area contributed by atoms with E-state index in [9.17, 15) is 22.8 Å². The highest BCUT2D eigenvalue weighted by atomic mass is 19.4. The van der Waals surface area contributed by atoms with Gasteiger partial charge in [-0.25, -0.2) is 0 Å². The van der Waals surface area contributed by atoms with Crippen LogP contribution >= 0.6 is 0 Å². The Hall–Kier alpha value is -1.27. The maximum absolute atomic E-state index is 12.6. The zero-order valence-corrected chi connectivity index (χ0v) is 11.7. The lowest BCUT2D eigenvalue weighted by Gasteiger charge is -2.36. The molecule has 1 aliphatic heterocycles. The summed E-state index contributed by atoms with van der Waals surface area (Å²) in [7, 11) is 0. The van der Waals surface area contributed by atoms with Crippen LogP contribution in [0.5, 0.6) is 0 Å². The van der Waals surface area contributed by atoms with Crippen molar-refractivity contribution in [2.45, 2.75) is 44.7 Å². The first kappa shape index (κ1) is 16.1. The molecule has 0 aromatic carbocycles. The number of piperidine rings is 1. The molecule has 0 bridgehead atoms. The molecule has 2 fully saturated rings. The lowest BCUT2D eigenvalue weighted by Crippen LogP contribution is -2.45. The molecule has 0 aromatic rings. The maximum atomic E-state index is 12.6. The number of halogens is 3. The van der Waals surface area contributed by atoms with Gasteiger partial charge in [0.05, 0.1) is 11.8 Å². The normalized spacial score (nSPS) is 28.4. The van der Waals surface area contributed by atoms with Crippen molar-refractivity contribution in [2.75, 3.05) is 13.1 Å². The predicted octanol–water partition coefficient (Wildman–Crippen LogP) is 2.68. The number of hydrogen-bond acceptors (Lipinski definition) is 2. The SMILES string of the molecule is O=C(O)[C@H]1CCC[C@H](C(=O)N2CCC(C(F)(F)F)CC2)C1. The van der Waals surface area contributed by atoms with E-state index in [0.717, 1.165) is 0 Å². The van der Waals surface area contributed by atoms with Crippen LogP contribution in [0.3, 0.4) is 0 Å². The Morgan fingerprint density at radius 2 is 1.57 bits per heavy atom. The molecule has 2 atom stereocenters. The molecule has 7 heteroatoms. The number of amides is 1. The predicted molar refractivity (Wildman–Crippen MR) is 68.4 cm³/mol. The fourth-order valence-corrected chi connectivity index (χ4v) is 3.32. The molecule has 21 heavy (non-hydrogen) atoms. The molecule has 0 unspecified atom stereocenters. The molecular weight excluding hydrogens is 287 g/mol. The summed E-state index contributed by atoms with van der Waals surface area (Å²) in [4.78, 5) is 24.8. The number of aliphatic carboxylic acids is 1. The number of nitrogens with zero attached hydrogens (tertiary/aromatic N) is 1. The van der Waals surface area contributed by atoms with Crippen molar-refractivity contribution in [1.29, 1.82) is 0 Å². The number of carbonyl (C=O) groups is 2. The summed E-state index contributed by atoms with van der Waals surface area (Å²) >= 11 is 0. The van der Waals surface area contributed by atoms with Gasteiger partial charge in [-0.1, -0.05) is 6.42 Å². The Labute approximate surface area is 121 Å². The van der Waals surface area contributed by atoms with Crippen LogP contribution in [0.25, 0.3) is 0 Å². The van der Waals surface area contributed by atoms with E-state index in [4.69, 9.17) is 5.11 Å². The molecule has 4 nitrogen and oxygen atoms in total. The van der Waals surface area contributed by atoms with Crippen LogP contribution in [-0.2, 0) is 9.59 Å². The van der Waals surface area contributed by atoms with E-state index in [1.807, 2.05) is 0 Å². The van der Waals surface area contributed by atoms with E-state index >= 15 is 0 Å². The van der Waals surface area contributed by atoms with Crippen LogP contribution in [0, 0.1) is 17.8 Å². The Morgan fingerprint density at radius 3 is 2.10 bits per heavy atom. The second-order valence-corrected chi connectivity index (χ2v) is 6.04. The quantitative estimate of drug-likeness (QED) is 0.853. The Balaban J connectivity index is 1.88. The molecule has 1 saturated carbocycles. The minimum absolute atomic E-state index is 0.0513. The summed E-state index contributed by atoms with van der Waals surface area (Å²) in [6.07, 6.45) is -2.07. The van der Waals surface area contributed by atoms with Gasteiger partial charge < -0.3 is 10.0 Å². The van der Waals surface area contributed by atoms with Crippen molar-refractivity contribution in [1.82, 2.24) is 4.90 Å². The van der Waals surface area contributed by atoms with Gasteiger partial charge in [-0.05, 0) is 32.1 Å². The minimum Gasteiger partial charge on any atom is -0.481 e. The molecule has 2 aliphatic rings. The summed E-state index contributed by atoms with van der Waals surface area (Å²) in [6, 6.07) is 0. The largest absolute Gasteiger partial charge is 0.481 e. The fourth-order valence-electron chi connectivity index (χ4n) is 3.32. The standard InChI is InChI=1S/C14H20F3NO3/c15-14(16,17)11-4-6-18(7-5-11)12(19)9-2-1-3-10(8-9)13(20)21/h9-11H,1-8H2,(H,20,21)/t9-,10-/m0/s1. The summed E-state index contributed by atoms with van der Waals surface area (Å²) < 4.78 is 37.8. The summed E-state index contributed by atoms with van der Waals surface area (Å²) in [6.45, 7) is 0.245. The molecule has 0 spiro atoms. The number of carboxylic acid groups (broad SMARTS) is 1. The van der Waals surface area contributed by atoms with Gasteiger partial charge in [-0.3, -0.25) is 9.59 Å². The third-order valence-electron chi connectivity index (χ3n) is 4.64. The highest BCUT2D eigenvalue weighted by molar-refractivity contribution is 5.80. The third-order valence-corrected chi connectivity index (χ3v) is 4.64. The van der Waals surface area contributed by atoms with Gasteiger partial charge in [0.15, 0.2) is 0 Å². The average molecular weight is 307 g/mol. The zero-order valence-electron chi connectivity index (χ0n) is 11.7. The van der Waals surface area contributed by atoms with Gasteiger partial charge in [0, 0.05) is 19.0 Å². The summed E-state index contributed by atoms with van der Waals surface area (Å²) in [5, 5.41) is 9.02. The van der Waals surface area contributed by atoms with Gasteiger partial charge in [-0.15, -0.1) is 0 Å². The van der Waals surface area contributed by atoms with Gasteiger partial charge in [0.1, 0.15) is 0 Å². The Morgan fingerprint density at radius 1 is 1.00 bits per heavy atom. The van der Waals surface area contributed by atoms with E-state index < -0.39 is 24.0 Å². The van der Waals surface area contributed by atoms with Gasteiger partial charge in [-0.2, -0.15) is 13.2 Å². The molecule has 1 saturated heterocycles. The fraction of sp³-hybridized carbons (Fsp3) is 0.857. The molecule has 120 valence electrons. The lowest BCUT2D eigenvalue weighted by molar-refractivity contribution is -0.187. The highest BCUT2D eigenvalue weighted by Crippen LogP contribution is 2.36. The summed E-state index contributed by atoms with van der Waals surface area (Å²) in [5.41, 5.74) is 0. The van der Waals surface area contributed by atoms with Crippen molar-refractivity contribution in [3.63, 3.8) is 0 Å². The van der Waals surface area contributed by atoms with Gasteiger partial charge >= 0.3 is 12.1 Å². The van der Waals surface area contributed by atoms with Crippen molar-refractivity contribution < 1.29 is 27.9 Å². The topological polar surface area (TPSA) is 57.6 Å². The van der Waals surface area contributed by atoms with E-state index in [1.165, 1.54) is 4.90 Å². The molecule has 1 aliphatic carbocycles. The van der Waals surface area contributed by atoms with Crippen LogP contribution < -0.4 is 0 Å². The van der Waals surface area contributed by atoms with E-state index in [-0.39, 0.29) is 37.8 Å². The molecule has 1 heterocycles. The first-order valence-electron chi connectivity index (χ1n) is 7.37. The smallest absolute Gasteiger partial charge is 0.391 e. The Bertz CT molecular complexity index is 403. The van der Waals surface area contributed by atoms with Crippen LogP contribution in [0.1, 0.15) is 38.5 Å². The van der Waals surface area contributed by atoms with Crippen LogP contribution in [0.4, 0.5) is 13.2 Å². The molecule has 2 rings (SSSR count). The third kappa shape index (κ3) is 3.89. The van der Waals surface area contributed by atoms with Crippen LogP contribution in [-0.4, -0.2) is 41.1 Å². The van der Waals surface area contributed by atoms with Gasteiger partial charge in [0.2, 0.25) is 5.91 Å². The minimum atomic E-state index is -4.19. The molecule has 1 amide bonds. The number of carboxylic acids is 1. The highest BCUT2D eigenvalue weighted by Gasteiger charge is 2.42. The van der Waals surface area contributed by atoms with Crippen molar-refractivity contribution >= 4 is 11.9 Å². The summed E-state index contributed by atoms with van der Waals surface area (Å²) in [5.74, 6) is -3.22. The van der Waals surface area contributed by atoms with Crippen molar-refractivity contribution in [2.24, 2.45) is 17.8 Å². The Kier molecular flexibility index (Phi) is 4.78. The van der Waals surface area contributed by atoms with Crippen LogP contribution in [0.15, 0.2) is 0 Å². The number of likely N-dealkylation sites (tertiary alicyclic amines) is 1. The molecule has 0 aromatic heterocycles. The first-order valence-corrected chi connectivity index (χ1v) is 7.37. The number of carbonyl (C=O) groups excluding carboxylic acids is 1. The second kappa shape index (κ2) is 6.23. The van der Waals surface area contributed by atoms with Gasteiger partial charge in [0.25, 0.3) is 0 Å². The molecular formula is C14H20F3NO3. The lowest BCUT2D eigenvalue weighted by atomic mass is 9.80. The van der Waals surface area contributed by atoms with Crippen molar-refractivity contribution in [3.05, 3.63) is 0 Å². The first-order chi connectivity index (χ1) is 9.79. The van der Waals surface area contributed by atoms with E-state index in [1.54, 1.807) is 0 Å². The van der Waals surface area contributed by atoms with Crippen molar-refractivity contribution in [3.8, 4) is 0 Å². The maximum Gasteiger partial charge on any atom is 0.391 e. The molecule has 0 radical (unpaired) electrons. The van der Waals surface area contributed by atoms with E-state index in [0.29, 0.717) is 25.7 Å². The monoisotopic (exact) mass is 307 g/mol. The number of alkyl halides is 3.